The van der Waals surface area contributed by atoms with Gasteiger partial charge >= 0.3 is 232 Å². The molecule has 38 heavy (non-hydrogen) atoms. The van der Waals surface area contributed by atoms with E-state index < -0.39 is 22.8 Å². The van der Waals surface area contributed by atoms with Gasteiger partial charge in [-0.3, -0.25) is 0 Å². The molecule has 1 fully saturated rings. The molecule has 1 aromatic rings. The molecule has 5 rings (SSSR count). The number of rotatable bonds is 2. The van der Waals surface area contributed by atoms with Crippen LogP contribution in [-0.4, -0.2) is 3.21 Å². The zero-order chi connectivity index (χ0) is 26.0. The van der Waals surface area contributed by atoms with Crippen LogP contribution in [0.5, 0.6) is 0 Å². The van der Waals surface area contributed by atoms with Crippen molar-refractivity contribution >= 4 is 39.7 Å². The largest absolute Gasteiger partial charge is 0.147 e. The van der Waals surface area contributed by atoms with E-state index in [1.807, 2.05) is 6.49 Å². The van der Waals surface area contributed by atoms with E-state index in [-0.39, 0.29) is 41.1 Å². The summed E-state index contributed by atoms with van der Waals surface area (Å²) >= 11 is -0.892. The molecule has 205 valence electrons. The van der Waals surface area contributed by atoms with Crippen molar-refractivity contribution in [1.29, 1.82) is 0 Å². The van der Waals surface area contributed by atoms with Crippen molar-refractivity contribution in [2.75, 3.05) is 0 Å². The third-order valence-corrected chi connectivity index (χ3v) is 13.8. The molecule has 4 aliphatic carbocycles. The topological polar surface area (TPSA) is 0 Å². The molecule has 0 N–H and O–H groups in total. The van der Waals surface area contributed by atoms with E-state index in [1.165, 1.54) is 59.3 Å². The summed E-state index contributed by atoms with van der Waals surface area (Å²) in [5, 5.41) is 2.89. The maximum absolute atomic E-state index is 2.68. The van der Waals surface area contributed by atoms with E-state index >= 15 is 0 Å². The second-order valence-corrected chi connectivity index (χ2v) is 17.3. The van der Waals surface area contributed by atoms with Crippen molar-refractivity contribution in [3.8, 4) is 0 Å². The average molecular weight is 630 g/mol. The Morgan fingerprint density at radius 1 is 0.816 bits per heavy atom. The minimum absolute atomic E-state index is 0. The SMILES string of the molecule is CC1=C(C)C(C)=C(C2(C(C)(C)C)C=CC3=c4ccc(C(C)(C)C)cc4=CC3=[C]2[Zr]=[C]2CCCCC2)C1.Cl.Cl. The molecule has 1 unspecified atom stereocenters. The van der Waals surface area contributed by atoms with Gasteiger partial charge in [-0.05, 0) is 0 Å². The van der Waals surface area contributed by atoms with Gasteiger partial charge in [0.05, 0.1) is 0 Å². The van der Waals surface area contributed by atoms with Gasteiger partial charge in [-0.25, -0.2) is 0 Å². The number of halogens is 2. The van der Waals surface area contributed by atoms with Crippen molar-refractivity contribution in [1.82, 2.24) is 0 Å². The van der Waals surface area contributed by atoms with Gasteiger partial charge in [-0.1, -0.05) is 0 Å². The number of fused-ring (bicyclic) bond motifs is 2. The molecule has 0 aromatic heterocycles. The predicted octanol–water partition coefficient (Wildman–Crippen LogP) is 8.90. The van der Waals surface area contributed by atoms with Crippen molar-refractivity contribution in [2.45, 2.75) is 106 Å². The van der Waals surface area contributed by atoms with Crippen LogP contribution in [0.3, 0.4) is 0 Å². The number of allylic oxidation sites excluding steroid dienone is 8. The fourth-order valence-corrected chi connectivity index (χ4v) is 12.1. The van der Waals surface area contributed by atoms with Gasteiger partial charge in [0, 0.05) is 0 Å². The standard InChI is InChI=1S/C29H35.C6H10.2ClH.Zr/c1-18-14-26(20(3)19(18)2)29(28(7,8)9)13-12-25-22(17-29)15-21-16-23(27(4,5)6)10-11-24(21)25;1-2-4-6-5-3-1;;;/h10-13,15-16H,14H2,1-9H3;1-5H2;2*1H;. The fraction of sp³-hybridized carbons (Fsp3) is 0.514. The first-order chi connectivity index (χ1) is 16.8. The van der Waals surface area contributed by atoms with Crippen LogP contribution in [0.25, 0.3) is 11.6 Å². The smallest absolute Gasteiger partial charge is 0.147 e. The second-order valence-electron chi connectivity index (χ2n) is 13.8. The number of hydrogen-bond acceptors (Lipinski definition) is 0. The Hall–Kier alpha value is -0.747. The summed E-state index contributed by atoms with van der Waals surface area (Å²) in [6.45, 7) is 21.7. The van der Waals surface area contributed by atoms with Gasteiger partial charge < -0.3 is 0 Å². The molecular formula is C35H47Cl2Zr. The van der Waals surface area contributed by atoms with Gasteiger partial charge in [-0.15, -0.1) is 24.8 Å². The Bertz CT molecular complexity index is 1410. The van der Waals surface area contributed by atoms with Crippen molar-refractivity contribution in [3.05, 3.63) is 77.5 Å². The fourth-order valence-electron chi connectivity index (χ4n) is 6.95. The molecule has 0 nitrogen and oxygen atoms in total. The molecule has 0 bridgehead atoms. The van der Waals surface area contributed by atoms with Crippen LogP contribution in [0.15, 0.2) is 61.5 Å². The van der Waals surface area contributed by atoms with Crippen LogP contribution < -0.4 is 10.4 Å². The molecule has 1 atom stereocenters. The Labute approximate surface area is 255 Å². The van der Waals surface area contributed by atoms with Crippen molar-refractivity contribution < 1.29 is 22.8 Å². The van der Waals surface area contributed by atoms with E-state index in [2.05, 4.69) is 98.7 Å². The van der Waals surface area contributed by atoms with Crippen LogP contribution in [0.4, 0.5) is 0 Å². The molecule has 0 aliphatic heterocycles. The predicted molar refractivity (Wildman–Crippen MR) is 169 cm³/mol. The van der Waals surface area contributed by atoms with Crippen LogP contribution in [0.1, 0.15) is 106 Å². The van der Waals surface area contributed by atoms with E-state index in [4.69, 9.17) is 0 Å². The maximum atomic E-state index is 2.68. The summed E-state index contributed by atoms with van der Waals surface area (Å²) < 4.78 is 3.80. The third-order valence-electron chi connectivity index (χ3n) is 9.48. The van der Waals surface area contributed by atoms with E-state index in [1.54, 1.807) is 22.3 Å². The molecule has 0 amide bonds. The molecule has 0 heterocycles. The summed E-state index contributed by atoms with van der Waals surface area (Å²) in [7, 11) is 0. The summed E-state index contributed by atoms with van der Waals surface area (Å²) in [5.41, 5.74) is 11.2. The quantitative estimate of drug-likeness (QED) is 0.307. The van der Waals surface area contributed by atoms with E-state index in [0.717, 1.165) is 6.42 Å². The zero-order valence-corrected chi connectivity index (χ0v) is 29.1. The van der Waals surface area contributed by atoms with Crippen molar-refractivity contribution in [3.63, 3.8) is 0 Å². The Morgan fingerprint density at radius 2 is 1.47 bits per heavy atom. The van der Waals surface area contributed by atoms with Crippen LogP contribution in [0.2, 0.25) is 0 Å². The zero-order valence-electron chi connectivity index (χ0n) is 25.0. The summed E-state index contributed by atoms with van der Waals surface area (Å²) in [6.07, 6.45) is 16.0. The Balaban J connectivity index is 0.00000200. The molecule has 1 saturated carbocycles. The van der Waals surface area contributed by atoms with E-state index in [9.17, 15) is 0 Å². The van der Waals surface area contributed by atoms with Crippen LogP contribution in [0, 0.1) is 10.8 Å². The summed E-state index contributed by atoms with van der Waals surface area (Å²) in [4.78, 5) is 0. The van der Waals surface area contributed by atoms with Gasteiger partial charge in [0.1, 0.15) is 0 Å². The van der Waals surface area contributed by atoms with Crippen molar-refractivity contribution in [2.24, 2.45) is 10.8 Å². The monoisotopic (exact) mass is 627 g/mol. The molecule has 0 spiro atoms. The first-order valence-electron chi connectivity index (χ1n) is 14.1. The van der Waals surface area contributed by atoms with E-state index in [0.29, 0.717) is 0 Å². The number of hydrogen-bond donors (Lipinski definition) is 0. The minimum Gasteiger partial charge on any atom is -0.147 e. The van der Waals surface area contributed by atoms with Gasteiger partial charge in [-0.2, -0.15) is 0 Å². The summed E-state index contributed by atoms with van der Waals surface area (Å²) in [5.74, 6) is 0. The molecule has 0 saturated heterocycles. The third kappa shape index (κ3) is 5.19. The normalized spacial score (nSPS) is 23.1. The van der Waals surface area contributed by atoms with Gasteiger partial charge in [0.2, 0.25) is 0 Å². The molecule has 4 aliphatic rings. The molecule has 3 heteroatoms. The Morgan fingerprint density at radius 3 is 2.03 bits per heavy atom. The molecule has 0 radical (unpaired) electrons. The summed E-state index contributed by atoms with van der Waals surface area (Å²) in [6, 6.07) is 7.26. The Kier molecular flexibility index (Phi) is 9.42. The average Bonchev–Trinajstić information content (AvgIpc) is 3.31. The molecular weight excluding hydrogens is 583 g/mol. The maximum Gasteiger partial charge on any atom is -0.147 e. The van der Waals surface area contributed by atoms with Crippen LogP contribution >= 0.6 is 24.8 Å². The first kappa shape index (κ1) is 31.8. The van der Waals surface area contributed by atoms with Gasteiger partial charge in [0.15, 0.2) is 0 Å². The van der Waals surface area contributed by atoms with Crippen LogP contribution in [-0.2, 0) is 28.2 Å². The first-order valence-corrected chi connectivity index (χ1v) is 16.6. The molecule has 1 aromatic carbocycles. The minimum atomic E-state index is -0.892. The number of benzene rings is 1. The second kappa shape index (κ2) is 11.3. The van der Waals surface area contributed by atoms with Gasteiger partial charge in [0.25, 0.3) is 0 Å².